The molecule has 0 aliphatic heterocycles. The number of hydrogen-bond acceptors (Lipinski definition) is 6. The van der Waals surface area contributed by atoms with Crippen LogP contribution in [0.4, 0.5) is 17.2 Å². The molecule has 0 saturated carbocycles. The highest BCUT2D eigenvalue weighted by molar-refractivity contribution is 5.89. The second-order valence-corrected chi connectivity index (χ2v) is 5.75. The lowest BCUT2D eigenvalue weighted by Crippen LogP contribution is -2.05. The molecule has 0 bridgehead atoms. The van der Waals surface area contributed by atoms with Gasteiger partial charge < -0.3 is 10.6 Å². The van der Waals surface area contributed by atoms with Crippen molar-refractivity contribution < 1.29 is 4.79 Å². The number of carbonyl (C=O) groups excluding carboxylic acids is 1. The van der Waals surface area contributed by atoms with E-state index in [-0.39, 0.29) is 5.91 Å². The van der Waals surface area contributed by atoms with Gasteiger partial charge in [-0.1, -0.05) is 6.07 Å². The molecule has 0 radical (unpaired) electrons. The van der Waals surface area contributed by atoms with Crippen molar-refractivity contribution in [2.24, 2.45) is 0 Å². The molecule has 8 nitrogen and oxygen atoms in total. The maximum Gasteiger partial charge on any atom is 0.222 e. The highest BCUT2D eigenvalue weighted by atomic mass is 16.1. The van der Waals surface area contributed by atoms with E-state index in [0.29, 0.717) is 11.5 Å². The van der Waals surface area contributed by atoms with Crippen molar-refractivity contribution in [3.05, 3.63) is 48.0 Å². The van der Waals surface area contributed by atoms with Crippen molar-refractivity contribution in [1.82, 2.24) is 25.0 Å². The molecule has 0 aliphatic rings. The third-order valence-corrected chi connectivity index (χ3v) is 3.74. The first-order valence-corrected chi connectivity index (χ1v) is 7.73. The summed E-state index contributed by atoms with van der Waals surface area (Å²) in [5, 5.41) is 17.9. The number of carbonyl (C=O) groups is 1. The highest BCUT2D eigenvalue weighted by Gasteiger charge is 2.12. The summed E-state index contributed by atoms with van der Waals surface area (Å²) in [5.41, 5.74) is 4.85. The molecule has 0 spiro atoms. The molecular formula is C17H15N7O. The average molecular weight is 333 g/mol. The molecule has 0 aliphatic carbocycles. The largest absolute Gasteiger partial charge is 0.337 e. The van der Waals surface area contributed by atoms with Gasteiger partial charge in [-0.15, -0.1) is 5.10 Å². The molecule has 0 unspecified atom stereocenters. The van der Waals surface area contributed by atoms with Gasteiger partial charge in [0.05, 0.1) is 11.0 Å². The average Bonchev–Trinajstić information content (AvgIpc) is 3.07. The van der Waals surface area contributed by atoms with E-state index in [1.807, 2.05) is 49.4 Å². The normalized spacial score (nSPS) is 11.0. The number of hydrogen-bond donors (Lipinski definition) is 2. The van der Waals surface area contributed by atoms with E-state index >= 15 is 0 Å². The second-order valence-electron chi connectivity index (χ2n) is 5.75. The summed E-state index contributed by atoms with van der Waals surface area (Å²) in [6.07, 6.45) is 0. The minimum Gasteiger partial charge on any atom is -0.337 e. The number of tetrazole rings is 1. The first kappa shape index (κ1) is 15.0. The fraction of sp³-hybridized carbons (Fsp3) is 0.118. The molecule has 8 heteroatoms. The number of nitrogens with one attached hydrogen (secondary N) is 2. The number of anilines is 3. The van der Waals surface area contributed by atoms with Crippen LogP contribution in [-0.2, 0) is 4.79 Å². The first-order chi connectivity index (χ1) is 12.1. The summed E-state index contributed by atoms with van der Waals surface area (Å²) in [4.78, 5) is 15.7. The Morgan fingerprint density at radius 3 is 2.60 bits per heavy atom. The van der Waals surface area contributed by atoms with Crippen molar-refractivity contribution in [2.45, 2.75) is 13.8 Å². The topological polar surface area (TPSA) is 97.1 Å². The summed E-state index contributed by atoms with van der Waals surface area (Å²) in [5.74, 6) is 0.456. The summed E-state index contributed by atoms with van der Waals surface area (Å²) < 4.78 is 1.67. The highest BCUT2D eigenvalue weighted by Crippen LogP contribution is 2.24. The minimum atomic E-state index is -0.108. The molecule has 25 heavy (non-hydrogen) atoms. The maximum atomic E-state index is 11.1. The van der Waals surface area contributed by atoms with Gasteiger partial charge in [-0.2, -0.15) is 4.52 Å². The third kappa shape index (κ3) is 2.85. The van der Waals surface area contributed by atoms with E-state index in [0.717, 1.165) is 28.0 Å². The molecule has 2 aromatic heterocycles. The van der Waals surface area contributed by atoms with Gasteiger partial charge in [0.1, 0.15) is 0 Å². The van der Waals surface area contributed by atoms with Crippen LogP contribution < -0.4 is 10.6 Å². The molecule has 1 amide bonds. The van der Waals surface area contributed by atoms with Crippen molar-refractivity contribution in [1.29, 1.82) is 0 Å². The third-order valence-electron chi connectivity index (χ3n) is 3.74. The Morgan fingerprint density at radius 1 is 1.08 bits per heavy atom. The summed E-state index contributed by atoms with van der Waals surface area (Å²) >= 11 is 0. The van der Waals surface area contributed by atoms with Crippen LogP contribution in [0, 0.1) is 6.92 Å². The number of rotatable bonds is 3. The van der Waals surface area contributed by atoms with Crippen molar-refractivity contribution >= 4 is 39.8 Å². The van der Waals surface area contributed by atoms with E-state index in [1.54, 1.807) is 4.52 Å². The predicted octanol–water partition coefficient (Wildman–Crippen LogP) is 2.68. The van der Waals surface area contributed by atoms with E-state index in [4.69, 9.17) is 0 Å². The van der Waals surface area contributed by atoms with Gasteiger partial charge in [-0.3, -0.25) is 4.79 Å². The van der Waals surface area contributed by atoms with Gasteiger partial charge in [0.15, 0.2) is 5.82 Å². The zero-order valence-electron chi connectivity index (χ0n) is 13.7. The maximum absolute atomic E-state index is 11.1. The Hall–Kier alpha value is -3.55. The molecule has 0 atom stereocenters. The first-order valence-electron chi connectivity index (χ1n) is 7.73. The molecule has 4 aromatic rings. The van der Waals surface area contributed by atoms with Gasteiger partial charge >= 0.3 is 0 Å². The predicted molar refractivity (Wildman–Crippen MR) is 94.8 cm³/mol. The van der Waals surface area contributed by atoms with Crippen LogP contribution >= 0.6 is 0 Å². The van der Waals surface area contributed by atoms with Crippen LogP contribution in [0.25, 0.3) is 16.7 Å². The van der Waals surface area contributed by atoms with Crippen molar-refractivity contribution in [3.8, 4) is 0 Å². The summed E-state index contributed by atoms with van der Waals surface area (Å²) in [6.45, 7) is 3.49. The Bertz CT molecular complexity index is 1090. The minimum absolute atomic E-state index is 0.108. The lowest BCUT2D eigenvalue weighted by molar-refractivity contribution is -0.114. The molecule has 0 fully saturated rings. The molecule has 2 N–H and O–H groups in total. The second kappa shape index (κ2) is 5.82. The molecule has 4 rings (SSSR count). The smallest absolute Gasteiger partial charge is 0.222 e. The van der Waals surface area contributed by atoms with Crippen LogP contribution in [0.2, 0.25) is 0 Å². The fourth-order valence-electron chi connectivity index (χ4n) is 2.63. The monoisotopic (exact) mass is 333 g/mol. The Kier molecular flexibility index (Phi) is 3.50. The summed E-state index contributed by atoms with van der Waals surface area (Å²) in [7, 11) is 0. The SMILES string of the molecule is CC(=O)Nc1ccc(Nc2nc3ccc(C)cc3n3nnnc23)cc1. The lowest BCUT2D eigenvalue weighted by atomic mass is 10.2. The van der Waals surface area contributed by atoms with Gasteiger partial charge in [-0.05, 0) is 59.3 Å². The number of amides is 1. The molecular weight excluding hydrogens is 318 g/mol. The fourth-order valence-corrected chi connectivity index (χ4v) is 2.63. The molecule has 124 valence electrons. The number of nitrogens with zero attached hydrogens (tertiary/aromatic N) is 5. The zero-order chi connectivity index (χ0) is 17.4. The lowest BCUT2D eigenvalue weighted by Gasteiger charge is -2.09. The Morgan fingerprint density at radius 2 is 1.84 bits per heavy atom. The van der Waals surface area contributed by atoms with Crippen molar-refractivity contribution in [3.63, 3.8) is 0 Å². The number of aromatic nitrogens is 5. The quantitative estimate of drug-likeness (QED) is 0.598. The molecule has 2 heterocycles. The van der Waals surface area contributed by atoms with Gasteiger partial charge in [0.2, 0.25) is 11.6 Å². The van der Waals surface area contributed by atoms with Crippen LogP contribution in [0.1, 0.15) is 12.5 Å². The Labute approximate surface area is 142 Å². The van der Waals surface area contributed by atoms with Crippen LogP contribution in [0.3, 0.4) is 0 Å². The zero-order valence-corrected chi connectivity index (χ0v) is 13.7. The van der Waals surface area contributed by atoms with Crippen molar-refractivity contribution in [2.75, 3.05) is 10.6 Å². The van der Waals surface area contributed by atoms with E-state index in [1.165, 1.54) is 6.92 Å². The molecule has 0 saturated heterocycles. The standard InChI is InChI=1S/C17H15N7O/c1-10-3-8-14-15(9-10)24-17(21-22-23-24)16(20-14)19-13-6-4-12(5-7-13)18-11(2)25/h3-9H,1-2H3,(H,18,25)(H,19,20). The number of fused-ring (bicyclic) bond motifs is 3. The van der Waals surface area contributed by atoms with Gasteiger partial charge in [0, 0.05) is 18.3 Å². The van der Waals surface area contributed by atoms with Gasteiger partial charge in [0.25, 0.3) is 0 Å². The number of benzene rings is 2. The van der Waals surface area contributed by atoms with E-state index in [2.05, 4.69) is 31.1 Å². The molecule has 2 aromatic carbocycles. The van der Waals surface area contributed by atoms with E-state index in [9.17, 15) is 4.79 Å². The van der Waals surface area contributed by atoms with Crippen LogP contribution in [-0.4, -0.2) is 30.9 Å². The van der Waals surface area contributed by atoms with Crippen LogP contribution in [0.15, 0.2) is 42.5 Å². The van der Waals surface area contributed by atoms with Gasteiger partial charge in [-0.25, -0.2) is 4.98 Å². The van der Waals surface area contributed by atoms with Crippen LogP contribution in [0.5, 0.6) is 0 Å². The summed E-state index contributed by atoms with van der Waals surface area (Å²) in [6, 6.07) is 13.3. The Balaban J connectivity index is 1.74. The van der Waals surface area contributed by atoms with E-state index < -0.39 is 0 Å². The number of aryl methyl sites for hydroxylation is 1.